The van der Waals surface area contributed by atoms with Crippen LogP contribution in [0.2, 0.25) is 0 Å². The van der Waals surface area contributed by atoms with Gasteiger partial charge >= 0.3 is 0 Å². The molecule has 1 aromatic carbocycles. The van der Waals surface area contributed by atoms with Crippen molar-refractivity contribution >= 4 is 11.3 Å². The average molecular weight is 251 g/mol. The standard InChI is InChI=1S/C16H13NS/c1-12-11-15(13-5-3-2-4-6-13)16(18-12)14-7-9-17-10-8-14/h2-11H,1H3. The van der Waals surface area contributed by atoms with Crippen LogP contribution in [0, 0.1) is 6.92 Å². The number of nitrogens with zero attached hydrogens (tertiary/aromatic N) is 1. The Bertz CT molecular complexity index is 584. The fourth-order valence-electron chi connectivity index (χ4n) is 2.06. The topological polar surface area (TPSA) is 12.9 Å². The predicted octanol–water partition coefficient (Wildman–Crippen LogP) is 4.79. The Morgan fingerprint density at radius 2 is 1.61 bits per heavy atom. The van der Waals surface area contributed by atoms with Gasteiger partial charge in [0.05, 0.1) is 0 Å². The zero-order valence-electron chi connectivity index (χ0n) is 10.1. The highest BCUT2D eigenvalue weighted by Crippen LogP contribution is 2.38. The van der Waals surface area contributed by atoms with Crippen molar-refractivity contribution in [1.29, 1.82) is 0 Å². The van der Waals surface area contributed by atoms with E-state index in [4.69, 9.17) is 0 Å². The third-order valence-electron chi connectivity index (χ3n) is 2.88. The molecule has 0 saturated heterocycles. The van der Waals surface area contributed by atoms with Crippen molar-refractivity contribution in [2.45, 2.75) is 6.92 Å². The van der Waals surface area contributed by atoms with Crippen LogP contribution in [0.15, 0.2) is 60.9 Å². The summed E-state index contributed by atoms with van der Waals surface area (Å²) in [5.41, 5.74) is 3.82. The first kappa shape index (κ1) is 11.2. The number of pyridine rings is 1. The number of aromatic nitrogens is 1. The third-order valence-corrected chi connectivity index (χ3v) is 3.98. The van der Waals surface area contributed by atoms with Gasteiger partial charge in [-0.1, -0.05) is 30.3 Å². The maximum absolute atomic E-state index is 4.08. The van der Waals surface area contributed by atoms with E-state index in [0.29, 0.717) is 0 Å². The van der Waals surface area contributed by atoms with Gasteiger partial charge in [0.25, 0.3) is 0 Å². The summed E-state index contributed by atoms with van der Waals surface area (Å²) in [6.45, 7) is 2.15. The molecular weight excluding hydrogens is 238 g/mol. The summed E-state index contributed by atoms with van der Waals surface area (Å²) in [6, 6.07) is 16.9. The molecule has 0 fully saturated rings. The summed E-state index contributed by atoms with van der Waals surface area (Å²) in [7, 11) is 0. The molecule has 0 aliphatic carbocycles. The predicted molar refractivity (Wildman–Crippen MR) is 77.7 cm³/mol. The molecule has 88 valence electrons. The van der Waals surface area contributed by atoms with E-state index in [2.05, 4.69) is 60.4 Å². The van der Waals surface area contributed by atoms with Crippen molar-refractivity contribution in [3.63, 3.8) is 0 Å². The zero-order chi connectivity index (χ0) is 12.4. The molecule has 0 amide bonds. The van der Waals surface area contributed by atoms with Crippen LogP contribution >= 0.6 is 11.3 Å². The summed E-state index contributed by atoms with van der Waals surface area (Å²) < 4.78 is 0. The molecule has 0 radical (unpaired) electrons. The number of thiophene rings is 1. The number of hydrogen-bond acceptors (Lipinski definition) is 2. The minimum Gasteiger partial charge on any atom is -0.265 e. The largest absolute Gasteiger partial charge is 0.265 e. The van der Waals surface area contributed by atoms with Crippen LogP contribution in [0.25, 0.3) is 21.6 Å². The van der Waals surface area contributed by atoms with E-state index in [1.54, 1.807) is 0 Å². The van der Waals surface area contributed by atoms with Crippen LogP contribution < -0.4 is 0 Å². The van der Waals surface area contributed by atoms with Gasteiger partial charge in [-0.2, -0.15) is 0 Å². The van der Waals surface area contributed by atoms with Crippen molar-refractivity contribution in [2.75, 3.05) is 0 Å². The monoisotopic (exact) mass is 251 g/mol. The lowest BCUT2D eigenvalue weighted by Gasteiger charge is -2.03. The van der Waals surface area contributed by atoms with Crippen molar-refractivity contribution in [3.05, 3.63) is 65.8 Å². The van der Waals surface area contributed by atoms with Gasteiger partial charge in [-0.3, -0.25) is 4.98 Å². The van der Waals surface area contributed by atoms with E-state index in [0.717, 1.165) is 0 Å². The van der Waals surface area contributed by atoms with Crippen LogP contribution in [-0.2, 0) is 0 Å². The fraction of sp³-hybridized carbons (Fsp3) is 0.0625. The molecular formula is C16H13NS. The average Bonchev–Trinajstić information content (AvgIpc) is 2.83. The summed E-state index contributed by atoms with van der Waals surface area (Å²) >= 11 is 1.83. The normalized spacial score (nSPS) is 10.5. The van der Waals surface area contributed by atoms with E-state index in [9.17, 15) is 0 Å². The van der Waals surface area contributed by atoms with E-state index in [1.807, 2.05) is 23.7 Å². The van der Waals surface area contributed by atoms with Gasteiger partial charge in [-0.25, -0.2) is 0 Å². The Morgan fingerprint density at radius 1 is 0.889 bits per heavy atom. The van der Waals surface area contributed by atoms with Gasteiger partial charge in [0.2, 0.25) is 0 Å². The first-order chi connectivity index (χ1) is 8.84. The van der Waals surface area contributed by atoms with Gasteiger partial charge in [0.1, 0.15) is 0 Å². The van der Waals surface area contributed by atoms with Crippen molar-refractivity contribution in [1.82, 2.24) is 4.98 Å². The number of benzene rings is 1. The number of rotatable bonds is 2. The third kappa shape index (κ3) is 2.07. The van der Waals surface area contributed by atoms with Crippen molar-refractivity contribution < 1.29 is 0 Å². The Hall–Kier alpha value is -1.93. The lowest BCUT2D eigenvalue weighted by molar-refractivity contribution is 1.33. The summed E-state index contributed by atoms with van der Waals surface area (Å²) in [5, 5.41) is 0. The Balaban J connectivity index is 2.17. The smallest absolute Gasteiger partial charge is 0.0425 e. The maximum atomic E-state index is 4.08. The maximum Gasteiger partial charge on any atom is 0.0425 e. The van der Waals surface area contributed by atoms with Crippen LogP contribution in [0.5, 0.6) is 0 Å². The lowest BCUT2D eigenvalue weighted by atomic mass is 10.0. The number of aryl methyl sites for hydroxylation is 1. The molecule has 1 nitrogen and oxygen atoms in total. The second kappa shape index (κ2) is 4.75. The SMILES string of the molecule is Cc1cc(-c2ccccc2)c(-c2ccncc2)s1. The highest BCUT2D eigenvalue weighted by molar-refractivity contribution is 7.16. The summed E-state index contributed by atoms with van der Waals surface area (Å²) in [5.74, 6) is 0. The van der Waals surface area contributed by atoms with Gasteiger partial charge in [-0.15, -0.1) is 11.3 Å². The van der Waals surface area contributed by atoms with Crippen LogP contribution in [0.3, 0.4) is 0 Å². The molecule has 18 heavy (non-hydrogen) atoms. The molecule has 0 bridgehead atoms. The highest BCUT2D eigenvalue weighted by Gasteiger charge is 2.10. The molecule has 2 heteroatoms. The van der Waals surface area contributed by atoms with E-state index in [-0.39, 0.29) is 0 Å². The van der Waals surface area contributed by atoms with Crippen LogP contribution in [0.1, 0.15) is 4.88 Å². The van der Waals surface area contributed by atoms with Gasteiger partial charge in [-0.05, 0) is 36.2 Å². The van der Waals surface area contributed by atoms with E-state index in [1.165, 1.54) is 26.4 Å². The molecule has 2 heterocycles. The van der Waals surface area contributed by atoms with Gasteiger partial charge < -0.3 is 0 Å². The molecule has 0 unspecified atom stereocenters. The van der Waals surface area contributed by atoms with Crippen molar-refractivity contribution in [3.8, 4) is 21.6 Å². The Kier molecular flexibility index (Phi) is 2.95. The molecule has 3 aromatic rings. The zero-order valence-corrected chi connectivity index (χ0v) is 10.9. The quantitative estimate of drug-likeness (QED) is 0.638. The van der Waals surface area contributed by atoms with Crippen LogP contribution in [-0.4, -0.2) is 4.98 Å². The number of hydrogen-bond donors (Lipinski definition) is 0. The Labute approximate surface area is 111 Å². The van der Waals surface area contributed by atoms with Gasteiger partial charge in [0.15, 0.2) is 0 Å². The van der Waals surface area contributed by atoms with E-state index >= 15 is 0 Å². The second-order valence-electron chi connectivity index (χ2n) is 4.20. The summed E-state index contributed by atoms with van der Waals surface area (Å²) in [6.07, 6.45) is 3.69. The second-order valence-corrected chi connectivity index (χ2v) is 5.46. The minimum absolute atomic E-state index is 1.24. The molecule has 0 saturated carbocycles. The molecule has 0 spiro atoms. The van der Waals surface area contributed by atoms with E-state index < -0.39 is 0 Å². The molecule has 2 aromatic heterocycles. The lowest BCUT2D eigenvalue weighted by Crippen LogP contribution is -1.79. The van der Waals surface area contributed by atoms with Crippen molar-refractivity contribution in [2.24, 2.45) is 0 Å². The first-order valence-corrected chi connectivity index (χ1v) is 6.72. The highest BCUT2D eigenvalue weighted by atomic mass is 32.1. The molecule has 0 aliphatic rings. The summed E-state index contributed by atoms with van der Waals surface area (Å²) in [4.78, 5) is 6.74. The first-order valence-electron chi connectivity index (χ1n) is 5.91. The molecule has 0 N–H and O–H groups in total. The fourth-order valence-corrected chi connectivity index (χ4v) is 3.10. The minimum atomic E-state index is 1.24. The van der Waals surface area contributed by atoms with Crippen LogP contribution in [0.4, 0.5) is 0 Å². The van der Waals surface area contributed by atoms with Gasteiger partial charge in [0, 0.05) is 27.7 Å². The molecule has 3 rings (SSSR count). The molecule has 0 aliphatic heterocycles. The Morgan fingerprint density at radius 3 is 2.33 bits per heavy atom. The molecule has 0 atom stereocenters.